The van der Waals surface area contributed by atoms with Crippen molar-refractivity contribution >= 4 is 21.5 Å². The molecule has 1 aromatic heterocycles. The largest absolute Gasteiger partial charge is 0.478 e. The molecule has 194 valence electrons. The summed E-state index contributed by atoms with van der Waals surface area (Å²) in [6.45, 7) is 0.662. The van der Waals surface area contributed by atoms with Crippen LogP contribution in [0, 0.1) is 0 Å². The zero-order valence-electron chi connectivity index (χ0n) is 18.0. The zero-order chi connectivity index (χ0) is 26.2. The van der Waals surface area contributed by atoms with Gasteiger partial charge >= 0.3 is 21.3 Å². The topological polar surface area (TPSA) is 275 Å². The monoisotopic (exact) mass is 525 g/mol. The van der Waals surface area contributed by atoms with Crippen molar-refractivity contribution in [3.63, 3.8) is 0 Å². The standard InChI is InChI=1S/C9H13N3O5.C5H14NO.H4O7P2/c10-5-1-2-12(9(16)11-5)8-7(15)6(14)4(3-13)17-8;1-6(2,3)4-5-7;1-8(2,3)7-9(4,5)6/h1-2,4,6-8,13-15H,3H2,(H2,10,11,16);7H,4-5H2,1-3H3;(H2,1,2,3)(H2,4,5,6)/q;+1;/t4-,6-,7-,8-;;/m1../s1. The lowest BCUT2D eigenvalue weighted by Crippen LogP contribution is -2.36. The van der Waals surface area contributed by atoms with Gasteiger partial charge in [-0.25, -0.2) is 13.9 Å². The molecule has 0 saturated carbocycles. The zero-order valence-corrected chi connectivity index (χ0v) is 19.8. The van der Waals surface area contributed by atoms with Crippen LogP contribution < -0.4 is 11.4 Å². The maximum absolute atomic E-state index is 11.5. The van der Waals surface area contributed by atoms with E-state index in [2.05, 4.69) is 30.4 Å². The molecular weight excluding hydrogens is 494 g/mol. The van der Waals surface area contributed by atoms with Gasteiger partial charge in [-0.1, -0.05) is 0 Å². The molecule has 10 N–H and O–H groups in total. The van der Waals surface area contributed by atoms with E-state index in [9.17, 15) is 24.1 Å². The third kappa shape index (κ3) is 13.2. The predicted octanol–water partition coefficient (Wildman–Crippen LogP) is -3.69. The second-order valence-electron chi connectivity index (χ2n) is 7.57. The van der Waals surface area contributed by atoms with Gasteiger partial charge in [0.05, 0.1) is 34.4 Å². The second-order valence-corrected chi connectivity index (χ2v) is 10.2. The Morgan fingerprint density at radius 3 is 1.91 bits per heavy atom. The molecule has 1 saturated heterocycles. The molecule has 0 aliphatic carbocycles. The number of anilines is 1. The Labute approximate surface area is 188 Å². The van der Waals surface area contributed by atoms with Gasteiger partial charge < -0.3 is 55.0 Å². The molecule has 2 heterocycles. The van der Waals surface area contributed by atoms with Crippen molar-refractivity contribution in [1.29, 1.82) is 0 Å². The maximum atomic E-state index is 11.5. The Kier molecular flexibility index (Phi) is 12.5. The lowest BCUT2D eigenvalue weighted by atomic mass is 10.1. The summed E-state index contributed by atoms with van der Waals surface area (Å²) in [4.78, 5) is 46.0. The quantitative estimate of drug-likeness (QED) is 0.128. The van der Waals surface area contributed by atoms with Gasteiger partial charge in [0, 0.05) is 6.20 Å². The van der Waals surface area contributed by atoms with Crippen LogP contribution in [0.4, 0.5) is 5.82 Å². The molecule has 33 heavy (non-hydrogen) atoms. The molecule has 1 aliphatic heterocycles. The summed E-state index contributed by atoms with van der Waals surface area (Å²) >= 11 is 0. The van der Waals surface area contributed by atoms with Gasteiger partial charge in [0.15, 0.2) is 6.23 Å². The number of nitrogens with two attached hydrogens (primary N) is 1. The van der Waals surface area contributed by atoms with Crippen LogP contribution in [0.2, 0.25) is 0 Å². The number of aliphatic hydroxyl groups excluding tert-OH is 4. The molecule has 0 amide bonds. The fourth-order valence-corrected chi connectivity index (χ4v) is 3.28. The van der Waals surface area contributed by atoms with Crippen molar-refractivity contribution in [3.05, 3.63) is 22.7 Å². The first-order valence-electron chi connectivity index (χ1n) is 9.02. The van der Waals surface area contributed by atoms with Gasteiger partial charge in [-0.2, -0.15) is 9.29 Å². The van der Waals surface area contributed by atoms with Crippen LogP contribution in [-0.4, -0.2) is 113 Å². The molecule has 1 aromatic rings. The van der Waals surface area contributed by atoms with Crippen LogP contribution >= 0.6 is 15.6 Å². The Morgan fingerprint density at radius 2 is 1.64 bits per heavy atom. The van der Waals surface area contributed by atoms with E-state index in [1.807, 2.05) is 0 Å². The molecule has 0 aromatic carbocycles. The van der Waals surface area contributed by atoms with Gasteiger partial charge in [0.25, 0.3) is 0 Å². The molecule has 0 unspecified atom stereocenters. The van der Waals surface area contributed by atoms with Crippen LogP contribution in [0.5, 0.6) is 0 Å². The lowest BCUT2D eigenvalue weighted by molar-refractivity contribution is -0.870. The Morgan fingerprint density at radius 1 is 1.12 bits per heavy atom. The maximum Gasteiger partial charge on any atom is 0.478 e. The van der Waals surface area contributed by atoms with Gasteiger partial charge in [-0.15, -0.1) is 0 Å². The minimum Gasteiger partial charge on any atom is -0.394 e. The number of hydrogen-bond donors (Lipinski definition) is 9. The second kappa shape index (κ2) is 13.0. The van der Waals surface area contributed by atoms with E-state index in [1.54, 1.807) is 0 Å². The first-order chi connectivity index (χ1) is 14.8. The number of rotatable bonds is 6. The van der Waals surface area contributed by atoms with E-state index in [4.69, 9.17) is 40.3 Å². The van der Waals surface area contributed by atoms with Gasteiger partial charge in [0.1, 0.15) is 30.7 Å². The van der Waals surface area contributed by atoms with Crippen molar-refractivity contribution < 1.29 is 62.7 Å². The van der Waals surface area contributed by atoms with E-state index in [-0.39, 0.29) is 12.4 Å². The third-order valence-corrected chi connectivity index (χ3v) is 5.33. The smallest absolute Gasteiger partial charge is 0.394 e. The van der Waals surface area contributed by atoms with Crippen LogP contribution in [0.25, 0.3) is 0 Å². The summed E-state index contributed by atoms with van der Waals surface area (Å²) in [7, 11) is -3.95. The first-order valence-corrected chi connectivity index (χ1v) is 12.1. The van der Waals surface area contributed by atoms with E-state index in [1.165, 1.54) is 12.3 Å². The molecule has 0 radical (unpaired) electrons. The summed E-state index contributed by atoms with van der Waals surface area (Å²) in [5.74, 6) is 0.0537. The SMILES string of the molecule is C[N+](C)(C)CCO.Nc1ccn([C@@H]2O[C@H](CO)[C@@H](O)[C@H]2O)c(=O)n1.O=P(O)(O)OP(=O)(O)O. The molecule has 17 nitrogen and oxygen atoms in total. The van der Waals surface area contributed by atoms with Crippen LogP contribution in [0.3, 0.4) is 0 Å². The highest BCUT2D eigenvalue weighted by Crippen LogP contribution is 2.53. The fourth-order valence-electron chi connectivity index (χ4n) is 2.17. The highest BCUT2D eigenvalue weighted by Gasteiger charge is 2.43. The molecule has 4 atom stereocenters. The van der Waals surface area contributed by atoms with E-state index < -0.39 is 52.5 Å². The molecule has 1 fully saturated rings. The van der Waals surface area contributed by atoms with E-state index >= 15 is 0 Å². The normalized spacial score (nSPS) is 23.2. The average Bonchev–Trinajstić information content (AvgIpc) is 2.87. The Bertz CT molecular complexity index is 861. The number of likely N-dealkylation sites (N-methyl/N-ethyl adjacent to an activating group) is 1. The average molecular weight is 525 g/mol. The Balaban J connectivity index is 0.000000541. The Hall–Kier alpha value is -1.30. The predicted molar refractivity (Wildman–Crippen MR) is 111 cm³/mol. The van der Waals surface area contributed by atoms with Gasteiger partial charge in [-0.05, 0) is 6.07 Å². The summed E-state index contributed by atoms with van der Waals surface area (Å²) < 4.78 is 29.2. The van der Waals surface area contributed by atoms with Gasteiger partial charge in [0.2, 0.25) is 0 Å². The van der Waals surface area contributed by atoms with Crippen molar-refractivity contribution in [1.82, 2.24) is 9.55 Å². The highest BCUT2D eigenvalue weighted by atomic mass is 31.3. The molecule has 2 rings (SSSR count). The summed E-state index contributed by atoms with van der Waals surface area (Å²) in [5, 5.41) is 36.5. The van der Waals surface area contributed by atoms with Crippen LogP contribution in [0.1, 0.15) is 6.23 Å². The lowest BCUT2D eigenvalue weighted by Gasteiger charge is -2.21. The summed E-state index contributed by atoms with van der Waals surface area (Å²) in [6, 6.07) is 1.37. The number of nitrogens with zero attached hydrogens (tertiary/aromatic N) is 3. The van der Waals surface area contributed by atoms with Crippen molar-refractivity contribution in [3.8, 4) is 0 Å². The fraction of sp³-hybridized carbons (Fsp3) is 0.714. The van der Waals surface area contributed by atoms with Crippen LogP contribution in [-0.2, 0) is 18.2 Å². The highest BCUT2D eigenvalue weighted by molar-refractivity contribution is 7.60. The number of hydrogen-bond acceptors (Lipinski definition) is 11. The number of aromatic nitrogens is 2. The molecule has 0 spiro atoms. The minimum atomic E-state index is -5.05. The number of quaternary nitrogens is 1. The molecule has 1 aliphatic rings. The summed E-state index contributed by atoms with van der Waals surface area (Å²) in [6.07, 6.45) is -3.27. The van der Waals surface area contributed by atoms with Crippen molar-refractivity contribution in [2.24, 2.45) is 0 Å². The first kappa shape index (κ1) is 31.7. The van der Waals surface area contributed by atoms with E-state index in [0.717, 1.165) is 15.6 Å². The van der Waals surface area contributed by atoms with E-state index in [0.29, 0.717) is 0 Å². The molecule has 0 bridgehead atoms. The van der Waals surface area contributed by atoms with Crippen molar-refractivity contribution in [2.75, 3.05) is 46.6 Å². The number of phosphoric acid groups is 2. The molecule has 19 heteroatoms. The number of aliphatic hydroxyl groups is 4. The molecular formula is C14H31N4O13P2+. The van der Waals surface area contributed by atoms with Crippen LogP contribution in [0.15, 0.2) is 17.1 Å². The number of ether oxygens (including phenoxy) is 1. The summed E-state index contributed by atoms with van der Waals surface area (Å²) in [5.41, 5.74) is 4.63. The van der Waals surface area contributed by atoms with Gasteiger partial charge in [-0.3, -0.25) is 4.57 Å². The third-order valence-electron chi connectivity index (χ3n) is 3.63. The van der Waals surface area contributed by atoms with Crippen molar-refractivity contribution in [2.45, 2.75) is 24.5 Å². The minimum absolute atomic E-state index is 0.0537. The number of nitrogen functional groups attached to an aromatic ring is 1.